The van der Waals surface area contributed by atoms with E-state index in [1.165, 1.54) is 64.2 Å². The van der Waals surface area contributed by atoms with Gasteiger partial charge >= 0.3 is 0 Å². The second kappa shape index (κ2) is 5.39. The molecular weight excluding hydrogens is 230 g/mol. The van der Waals surface area contributed by atoms with Crippen molar-refractivity contribution >= 4 is 0 Å². The molecule has 0 spiro atoms. The van der Waals surface area contributed by atoms with Gasteiger partial charge in [0.25, 0.3) is 0 Å². The van der Waals surface area contributed by atoms with Crippen LogP contribution in [0.25, 0.3) is 0 Å². The van der Waals surface area contributed by atoms with Crippen molar-refractivity contribution in [1.29, 1.82) is 0 Å². The van der Waals surface area contributed by atoms with Crippen molar-refractivity contribution in [3.8, 4) is 0 Å². The quantitative estimate of drug-likeness (QED) is 0.676. The Kier molecular flexibility index (Phi) is 3.60. The minimum absolute atomic E-state index is 0.896. The lowest BCUT2D eigenvalue weighted by Crippen LogP contribution is -2.46. The molecule has 4 rings (SSSR count). The Morgan fingerprint density at radius 2 is 0.789 bits per heavy atom. The van der Waals surface area contributed by atoms with E-state index in [9.17, 15) is 0 Å². The van der Waals surface area contributed by atoms with Gasteiger partial charge in [-0.05, 0) is 62.2 Å². The van der Waals surface area contributed by atoms with E-state index in [0.717, 1.165) is 35.8 Å². The second-order valence-corrected chi connectivity index (χ2v) is 7.89. The summed E-state index contributed by atoms with van der Waals surface area (Å²) in [4.78, 5) is 0. The molecule has 19 heavy (non-hydrogen) atoms. The highest BCUT2D eigenvalue weighted by atomic mass is 15.0. The number of hydrogen-bond donors (Lipinski definition) is 1. The molecule has 1 aliphatic heterocycles. The van der Waals surface area contributed by atoms with Crippen LogP contribution in [-0.2, 0) is 0 Å². The molecule has 1 saturated heterocycles. The van der Waals surface area contributed by atoms with E-state index in [1.807, 2.05) is 0 Å². The lowest BCUT2D eigenvalue weighted by atomic mass is 9.62. The molecule has 6 unspecified atom stereocenters. The molecule has 3 aliphatic carbocycles. The van der Waals surface area contributed by atoms with Crippen molar-refractivity contribution in [2.75, 3.05) is 0 Å². The molecule has 3 saturated carbocycles. The molecule has 108 valence electrons. The minimum atomic E-state index is 0.896. The molecule has 4 aliphatic rings. The average molecular weight is 261 g/mol. The van der Waals surface area contributed by atoms with E-state index in [2.05, 4.69) is 5.32 Å². The van der Waals surface area contributed by atoms with Crippen molar-refractivity contribution in [1.82, 2.24) is 5.32 Å². The van der Waals surface area contributed by atoms with Gasteiger partial charge in [-0.1, -0.05) is 38.5 Å². The standard InChI is InChI=1S/C18H31N/c1-2-8-14-13(7-1)15-9-3-5-11-17(15)19-18-12-6-4-10-16(14)18/h13-19H,1-12H2. The maximum absolute atomic E-state index is 4.18. The zero-order valence-corrected chi connectivity index (χ0v) is 12.4. The summed E-state index contributed by atoms with van der Waals surface area (Å²) in [5.41, 5.74) is 0. The van der Waals surface area contributed by atoms with Crippen LogP contribution in [-0.4, -0.2) is 12.1 Å². The van der Waals surface area contributed by atoms with E-state index < -0.39 is 0 Å². The summed E-state index contributed by atoms with van der Waals surface area (Å²) in [7, 11) is 0. The van der Waals surface area contributed by atoms with Crippen molar-refractivity contribution < 1.29 is 0 Å². The summed E-state index contributed by atoms with van der Waals surface area (Å²) >= 11 is 0. The molecule has 6 atom stereocenters. The fourth-order valence-corrected chi connectivity index (χ4v) is 6.28. The van der Waals surface area contributed by atoms with E-state index in [4.69, 9.17) is 0 Å². The smallest absolute Gasteiger partial charge is 0.0101 e. The molecular formula is C18H31N. The van der Waals surface area contributed by atoms with Crippen LogP contribution in [0.15, 0.2) is 0 Å². The molecule has 1 nitrogen and oxygen atoms in total. The predicted octanol–water partition coefficient (Wildman–Crippen LogP) is 4.51. The topological polar surface area (TPSA) is 12.0 Å². The van der Waals surface area contributed by atoms with E-state index >= 15 is 0 Å². The van der Waals surface area contributed by atoms with Crippen LogP contribution in [0.3, 0.4) is 0 Å². The molecule has 1 heterocycles. The lowest BCUT2D eigenvalue weighted by Gasteiger charge is -2.43. The van der Waals surface area contributed by atoms with Gasteiger partial charge in [0.1, 0.15) is 0 Å². The molecule has 0 radical (unpaired) electrons. The molecule has 0 aromatic carbocycles. The first-order chi connectivity index (χ1) is 9.43. The molecule has 0 aromatic heterocycles. The Hall–Kier alpha value is -0.0400. The largest absolute Gasteiger partial charge is 0.311 e. The van der Waals surface area contributed by atoms with Crippen LogP contribution >= 0.6 is 0 Å². The Morgan fingerprint density at radius 3 is 1.26 bits per heavy atom. The maximum Gasteiger partial charge on any atom is 0.0101 e. The van der Waals surface area contributed by atoms with Crippen molar-refractivity contribution in [3.05, 3.63) is 0 Å². The average Bonchev–Trinajstić information content (AvgIpc) is 2.62. The van der Waals surface area contributed by atoms with Gasteiger partial charge in [-0.15, -0.1) is 0 Å². The van der Waals surface area contributed by atoms with Gasteiger partial charge in [-0.3, -0.25) is 0 Å². The normalized spacial score (nSPS) is 50.5. The van der Waals surface area contributed by atoms with Crippen LogP contribution < -0.4 is 5.32 Å². The first kappa shape index (κ1) is 12.7. The first-order valence-electron chi connectivity index (χ1n) is 9.19. The van der Waals surface area contributed by atoms with Gasteiger partial charge in [-0.25, -0.2) is 0 Å². The summed E-state index contributed by atoms with van der Waals surface area (Å²) in [5, 5.41) is 4.18. The Bertz CT molecular complexity index is 283. The van der Waals surface area contributed by atoms with E-state index in [0.29, 0.717) is 0 Å². The lowest BCUT2D eigenvalue weighted by molar-refractivity contribution is 0.0830. The zero-order chi connectivity index (χ0) is 12.7. The van der Waals surface area contributed by atoms with Gasteiger partial charge < -0.3 is 5.32 Å². The third-order valence-electron chi connectivity index (χ3n) is 7.04. The van der Waals surface area contributed by atoms with Crippen molar-refractivity contribution in [3.63, 3.8) is 0 Å². The summed E-state index contributed by atoms with van der Waals surface area (Å²) in [6.45, 7) is 0. The molecule has 1 N–H and O–H groups in total. The van der Waals surface area contributed by atoms with Crippen molar-refractivity contribution in [2.45, 2.75) is 89.1 Å². The summed E-state index contributed by atoms with van der Waals surface area (Å²) in [5.74, 6) is 4.29. The molecule has 0 amide bonds. The van der Waals surface area contributed by atoms with Crippen molar-refractivity contribution in [2.24, 2.45) is 23.7 Å². The third-order valence-corrected chi connectivity index (χ3v) is 7.04. The van der Waals surface area contributed by atoms with E-state index in [1.54, 1.807) is 12.8 Å². The maximum atomic E-state index is 4.18. The number of rotatable bonds is 0. The Balaban J connectivity index is 1.64. The SMILES string of the molecule is C1CCC2C(C1)NC1CCCCC1C1CCCCC21. The number of nitrogens with one attached hydrogen (secondary N) is 1. The van der Waals surface area contributed by atoms with Gasteiger partial charge in [-0.2, -0.15) is 0 Å². The second-order valence-electron chi connectivity index (χ2n) is 7.89. The van der Waals surface area contributed by atoms with Gasteiger partial charge in [0.2, 0.25) is 0 Å². The highest BCUT2D eigenvalue weighted by Gasteiger charge is 2.46. The van der Waals surface area contributed by atoms with Gasteiger partial charge in [0.05, 0.1) is 0 Å². The van der Waals surface area contributed by atoms with E-state index in [-0.39, 0.29) is 0 Å². The van der Waals surface area contributed by atoms with Crippen LogP contribution in [0.2, 0.25) is 0 Å². The van der Waals surface area contributed by atoms with Gasteiger partial charge in [0, 0.05) is 12.1 Å². The fourth-order valence-electron chi connectivity index (χ4n) is 6.28. The van der Waals surface area contributed by atoms with Crippen LogP contribution in [0.4, 0.5) is 0 Å². The van der Waals surface area contributed by atoms with Crippen LogP contribution in [0, 0.1) is 23.7 Å². The monoisotopic (exact) mass is 261 g/mol. The molecule has 0 bridgehead atoms. The highest BCUT2D eigenvalue weighted by Crippen LogP contribution is 2.50. The van der Waals surface area contributed by atoms with Crippen LogP contribution in [0.5, 0.6) is 0 Å². The number of hydrogen-bond acceptors (Lipinski definition) is 1. The van der Waals surface area contributed by atoms with Crippen LogP contribution in [0.1, 0.15) is 77.0 Å². The molecule has 4 fully saturated rings. The summed E-state index contributed by atoms with van der Waals surface area (Å²) in [6, 6.07) is 1.79. The Labute approximate surface area is 118 Å². The highest BCUT2D eigenvalue weighted by molar-refractivity contribution is 5.00. The summed E-state index contributed by atoms with van der Waals surface area (Å²) in [6.07, 6.45) is 18.2. The zero-order valence-electron chi connectivity index (χ0n) is 12.4. The molecule has 0 aromatic rings. The summed E-state index contributed by atoms with van der Waals surface area (Å²) < 4.78 is 0. The fraction of sp³-hybridized carbons (Fsp3) is 1.00. The number of fused-ring (bicyclic) bond motifs is 5. The third kappa shape index (κ3) is 2.26. The Morgan fingerprint density at radius 1 is 0.421 bits per heavy atom. The molecule has 1 heteroatoms. The first-order valence-corrected chi connectivity index (χ1v) is 9.19. The van der Waals surface area contributed by atoms with Gasteiger partial charge in [0.15, 0.2) is 0 Å². The predicted molar refractivity (Wildman–Crippen MR) is 80.1 cm³/mol. The minimum Gasteiger partial charge on any atom is -0.311 e.